The monoisotopic (exact) mass is 562 g/mol. The molecular weight excluding hydrogens is 531 g/mol. The predicted molar refractivity (Wildman–Crippen MR) is 151 cm³/mol. The van der Waals surface area contributed by atoms with Crippen LogP contribution in [0.3, 0.4) is 0 Å². The number of aliphatic carboxylic acids is 2. The second kappa shape index (κ2) is 13.1. The molecule has 4 heterocycles. The molecule has 4 aromatic rings. The van der Waals surface area contributed by atoms with E-state index in [0.717, 1.165) is 43.3 Å². The van der Waals surface area contributed by atoms with Crippen LogP contribution in [0.15, 0.2) is 77.9 Å². The molecule has 0 spiro atoms. The van der Waals surface area contributed by atoms with E-state index >= 15 is 0 Å². The molecule has 0 radical (unpaired) electrons. The van der Waals surface area contributed by atoms with Gasteiger partial charge in [0.05, 0.1) is 11.9 Å². The average Bonchev–Trinajstić information content (AvgIpc) is 3.14. The smallest absolute Gasteiger partial charge is 0.328 e. The molecule has 1 aliphatic heterocycles. The Morgan fingerprint density at radius 3 is 2.41 bits per heavy atom. The Morgan fingerprint density at radius 2 is 1.78 bits per heavy atom. The number of fused-ring (bicyclic) bond motifs is 3. The van der Waals surface area contributed by atoms with Gasteiger partial charge >= 0.3 is 11.9 Å². The van der Waals surface area contributed by atoms with Gasteiger partial charge in [0.25, 0.3) is 5.56 Å². The van der Waals surface area contributed by atoms with Crippen LogP contribution in [0.25, 0.3) is 16.6 Å². The first-order chi connectivity index (χ1) is 19.6. The van der Waals surface area contributed by atoms with Crippen LogP contribution in [0.1, 0.15) is 25.2 Å². The highest BCUT2D eigenvalue weighted by Gasteiger charge is 2.18. The largest absolute Gasteiger partial charge is 0.487 e. The van der Waals surface area contributed by atoms with Crippen molar-refractivity contribution in [2.24, 2.45) is 0 Å². The van der Waals surface area contributed by atoms with Gasteiger partial charge < -0.3 is 19.5 Å². The Bertz CT molecular complexity index is 1610. The minimum Gasteiger partial charge on any atom is -0.487 e. The number of hydrogen-bond acceptors (Lipinski definition) is 6. The standard InChI is InChI=1S/C26H27FN4O2.C4H4O4/c1-18(2)29-9-7-23-14-19-13-22(5-6-25(19)30(23)12-11-29)31-10-8-24(15-26(31)32)33-17-21-4-3-20(27)16-28-21;5-3(6)1-2-4(7)8/h3-6,8,10,13-16,18H,7,9,11-12,17H2,1-2H3;1-2H,(H,5,6)(H,7,8)/b;2-1-. The van der Waals surface area contributed by atoms with Crippen LogP contribution in [0.4, 0.5) is 4.39 Å². The minimum atomic E-state index is -1.26. The summed E-state index contributed by atoms with van der Waals surface area (Å²) in [6, 6.07) is 15.1. The van der Waals surface area contributed by atoms with Gasteiger partial charge in [0.1, 0.15) is 18.2 Å². The minimum absolute atomic E-state index is 0.167. The summed E-state index contributed by atoms with van der Waals surface area (Å²) < 4.78 is 22.7. The Balaban J connectivity index is 0.000000426. The molecule has 0 unspecified atom stereocenters. The first-order valence-corrected chi connectivity index (χ1v) is 13.1. The summed E-state index contributed by atoms with van der Waals surface area (Å²) in [4.78, 5) is 38.4. The molecule has 214 valence electrons. The van der Waals surface area contributed by atoms with E-state index in [2.05, 4.69) is 46.5 Å². The first kappa shape index (κ1) is 29.2. The van der Waals surface area contributed by atoms with Gasteiger partial charge in [-0.1, -0.05) is 0 Å². The third kappa shape index (κ3) is 7.67. The number of halogens is 1. The van der Waals surface area contributed by atoms with Crippen LogP contribution >= 0.6 is 0 Å². The van der Waals surface area contributed by atoms with E-state index in [9.17, 15) is 18.8 Å². The van der Waals surface area contributed by atoms with Crippen molar-refractivity contribution in [2.45, 2.75) is 39.5 Å². The Morgan fingerprint density at radius 1 is 1.02 bits per heavy atom. The zero-order valence-electron chi connectivity index (χ0n) is 22.7. The maximum atomic E-state index is 13.0. The maximum Gasteiger partial charge on any atom is 0.328 e. The van der Waals surface area contributed by atoms with Crippen LogP contribution in [0.2, 0.25) is 0 Å². The molecule has 41 heavy (non-hydrogen) atoms. The Hall–Kier alpha value is -4.77. The number of carboxylic acids is 2. The molecule has 0 saturated heterocycles. The van der Waals surface area contributed by atoms with Crippen LogP contribution < -0.4 is 10.3 Å². The highest BCUT2D eigenvalue weighted by atomic mass is 19.1. The summed E-state index contributed by atoms with van der Waals surface area (Å²) in [5, 5.41) is 16.8. The number of hydrogen-bond donors (Lipinski definition) is 2. The van der Waals surface area contributed by atoms with Crippen LogP contribution in [0, 0.1) is 5.82 Å². The van der Waals surface area contributed by atoms with E-state index in [0.29, 0.717) is 29.6 Å². The molecule has 1 aromatic carbocycles. The molecule has 2 N–H and O–H groups in total. The highest BCUT2D eigenvalue weighted by molar-refractivity contribution is 5.89. The lowest BCUT2D eigenvalue weighted by atomic mass is 10.2. The van der Waals surface area contributed by atoms with Crippen molar-refractivity contribution in [3.8, 4) is 11.4 Å². The molecule has 1 aliphatic rings. The Labute approximate surface area is 235 Å². The second-order valence-corrected chi connectivity index (χ2v) is 9.75. The van der Waals surface area contributed by atoms with Gasteiger partial charge in [-0.25, -0.2) is 14.0 Å². The molecule has 0 saturated carbocycles. The van der Waals surface area contributed by atoms with Crippen molar-refractivity contribution in [1.29, 1.82) is 0 Å². The molecule has 0 aliphatic carbocycles. The van der Waals surface area contributed by atoms with Crippen LogP contribution in [-0.4, -0.2) is 60.3 Å². The fourth-order valence-electron chi connectivity index (χ4n) is 4.61. The normalized spacial score (nSPS) is 13.5. The van der Waals surface area contributed by atoms with E-state index in [1.165, 1.54) is 23.3 Å². The van der Waals surface area contributed by atoms with E-state index < -0.39 is 17.8 Å². The molecule has 3 aromatic heterocycles. The van der Waals surface area contributed by atoms with Crippen molar-refractivity contribution >= 4 is 22.8 Å². The number of rotatable bonds is 7. The van der Waals surface area contributed by atoms with Gasteiger partial charge in [-0.2, -0.15) is 0 Å². The van der Waals surface area contributed by atoms with Gasteiger partial charge in [-0.15, -0.1) is 0 Å². The lowest BCUT2D eigenvalue weighted by molar-refractivity contribution is -0.134. The highest BCUT2D eigenvalue weighted by Crippen LogP contribution is 2.25. The predicted octanol–water partition coefficient (Wildman–Crippen LogP) is 3.88. The fraction of sp³-hybridized carbons (Fsp3) is 0.267. The SMILES string of the molecule is CC(C)N1CCc2cc3cc(-n4ccc(OCc5ccc(F)cn5)cc4=O)ccc3n2CC1.O=C(O)/C=C\C(=O)O. The molecule has 0 fully saturated rings. The van der Waals surface area contributed by atoms with Crippen molar-refractivity contribution in [3.63, 3.8) is 0 Å². The number of ether oxygens (including phenoxy) is 1. The number of pyridine rings is 2. The number of nitrogens with zero attached hydrogens (tertiary/aromatic N) is 4. The van der Waals surface area contributed by atoms with Gasteiger partial charge in [0, 0.05) is 78.8 Å². The number of carbonyl (C=O) groups is 2. The first-order valence-electron chi connectivity index (χ1n) is 13.1. The summed E-state index contributed by atoms with van der Waals surface area (Å²) in [5.41, 5.74) is 3.79. The van der Waals surface area contributed by atoms with Gasteiger partial charge in [0.2, 0.25) is 0 Å². The molecule has 0 amide bonds. The maximum absolute atomic E-state index is 13.0. The lowest BCUT2D eigenvalue weighted by Crippen LogP contribution is -2.33. The van der Waals surface area contributed by atoms with Crippen molar-refractivity contribution < 1.29 is 28.9 Å². The van der Waals surface area contributed by atoms with Crippen LogP contribution in [0.5, 0.6) is 5.75 Å². The van der Waals surface area contributed by atoms with E-state index in [1.54, 1.807) is 22.9 Å². The third-order valence-electron chi connectivity index (χ3n) is 6.68. The quantitative estimate of drug-likeness (QED) is 0.325. The Kier molecular flexibility index (Phi) is 9.30. The lowest BCUT2D eigenvalue weighted by Gasteiger charge is -2.23. The van der Waals surface area contributed by atoms with Crippen LogP contribution in [-0.2, 0) is 29.2 Å². The number of aromatic nitrogens is 3. The third-order valence-corrected chi connectivity index (χ3v) is 6.68. The van der Waals surface area contributed by atoms with Gasteiger partial charge in [-0.3, -0.25) is 19.2 Å². The van der Waals surface area contributed by atoms with Crippen molar-refractivity contribution in [3.05, 3.63) is 101 Å². The molecule has 0 bridgehead atoms. The number of carboxylic acid groups (broad SMARTS) is 2. The topological polar surface area (TPSA) is 127 Å². The molecular formula is C30H31FN4O6. The summed E-state index contributed by atoms with van der Waals surface area (Å²) in [7, 11) is 0. The van der Waals surface area contributed by atoms with E-state index in [4.69, 9.17) is 14.9 Å². The average molecular weight is 563 g/mol. The fourth-order valence-corrected chi connectivity index (χ4v) is 4.61. The van der Waals surface area contributed by atoms with Crippen molar-refractivity contribution in [1.82, 2.24) is 19.0 Å². The molecule has 0 atom stereocenters. The van der Waals surface area contributed by atoms with E-state index in [1.807, 2.05) is 6.07 Å². The molecule has 5 rings (SSSR count). The summed E-state index contributed by atoms with van der Waals surface area (Å²) in [6.07, 6.45) is 5.01. The van der Waals surface area contributed by atoms with E-state index in [-0.39, 0.29) is 12.2 Å². The second-order valence-electron chi connectivity index (χ2n) is 9.75. The zero-order valence-corrected chi connectivity index (χ0v) is 22.7. The summed E-state index contributed by atoms with van der Waals surface area (Å²) in [5.74, 6) is -2.45. The van der Waals surface area contributed by atoms with Gasteiger partial charge in [-0.05, 0) is 56.3 Å². The molecule has 10 nitrogen and oxygen atoms in total. The molecule has 11 heteroatoms. The van der Waals surface area contributed by atoms with Crippen molar-refractivity contribution in [2.75, 3.05) is 13.1 Å². The summed E-state index contributed by atoms with van der Waals surface area (Å²) >= 11 is 0. The number of benzene rings is 1. The van der Waals surface area contributed by atoms with Gasteiger partial charge in [0.15, 0.2) is 0 Å². The summed E-state index contributed by atoms with van der Waals surface area (Å²) in [6.45, 7) is 7.75. The zero-order chi connectivity index (χ0) is 29.5.